The second kappa shape index (κ2) is 5.91. The number of carbonyl (C=O) groups excluding carboxylic acids is 1. The molecule has 1 rings (SSSR count). The van der Waals surface area contributed by atoms with E-state index in [1.165, 1.54) is 0 Å². The Morgan fingerprint density at radius 2 is 2.11 bits per heavy atom. The quantitative estimate of drug-likeness (QED) is 0.820. The smallest absolute Gasteiger partial charge is 0.349 e. The summed E-state index contributed by atoms with van der Waals surface area (Å²) < 4.78 is 36.1. The molecule has 0 aliphatic heterocycles. The van der Waals surface area contributed by atoms with Crippen LogP contribution in [-0.2, 0) is 4.79 Å². The van der Waals surface area contributed by atoms with E-state index < -0.39 is 30.5 Å². The molecule has 6 heteroatoms. The van der Waals surface area contributed by atoms with E-state index in [-0.39, 0.29) is 12.5 Å². The zero-order chi connectivity index (χ0) is 13.8. The molecule has 0 radical (unpaired) electrons. The van der Waals surface area contributed by atoms with E-state index >= 15 is 0 Å². The number of halogens is 3. The number of hydrogen-bond acceptors (Lipinski definition) is 2. The van der Waals surface area contributed by atoms with Crippen molar-refractivity contribution in [3.8, 4) is 0 Å². The molecule has 0 aromatic carbocycles. The van der Waals surface area contributed by atoms with Gasteiger partial charge < -0.3 is 11.1 Å². The highest BCUT2D eigenvalue weighted by atomic mass is 19.4. The van der Waals surface area contributed by atoms with Gasteiger partial charge in [-0.25, -0.2) is 0 Å². The van der Waals surface area contributed by atoms with Crippen LogP contribution in [0.4, 0.5) is 13.2 Å². The van der Waals surface area contributed by atoms with Crippen molar-refractivity contribution in [1.82, 2.24) is 5.32 Å². The Kier molecular flexibility index (Phi) is 5.01. The summed E-state index contributed by atoms with van der Waals surface area (Å²) in [5.41, 5.74) is 5.21. The largest absolute Gasteiger partial charge is 0.389 e. The van der Waals surface area contributed by atoms with Crippen molar-refractivity contribution in [1.29, 1.82) is 0 Å². The topological polar surface area (TPSA) is 55.1 Å². The van der Waals surface area contributed by atoms with E-state index in [1.807, 2.05) is 6.92 Å². The molecule has 18 heavy (non-hydrogen) atoms. The summed E-state index contributed by atoms with van der Waals surface area (Å²) in [5.74, 6) is -0.336. The zero-order valence-corrected chi connectivity index (χ0v) is 10.6. The lowest BCUT2D eigenvalue weighted by Gasteiger charge is -2.42. The van der Waals surface area contributed by atoms with E-state index in [4.69, 9.17) is 5.73 Å². The second-order valence-electron chi connectivity index (χ2n) is 5.17. The van der Waals surface area contributed by atoms with Crippen LogP contribution in [-0.4, -0.2) is 24.2 Å². The molecule has 1 saturated carbocycles. The fourth-order valence-electron chi connectivity index (χ4n) is 2.55. The minimum Gasteiger partial charge on any atom is -0.349 e. The molecule has 0 spiro atoms. The van der Waals surface area contributed by atoms with E-state index in [0.29, 0.717) is 0 Å². The molecule has 0 aromatic rings. The van der Waals surface area contributed by atoms with Gasteiger partial charge in [-0.05, 0) is 18.8 Å². The van der Waals surface area contributed by atoms with Gasteiger partial charge in [-0.3, -0.25) is 4.79 Å². The van der Waals surface area contributed by atoms with Gasteiger partial charge in [0.2, 0.25) is 5.91 Å². The van der Waals surface area contributed by atoms with Crippen molar-refractivity contribution >= 4 is 5.91 Å². The number of nitrogens with one attached hydrogen (secondary N) is 1. The Morgan fingerprint density at radius 3 is 2.61 bits per heavy atom. The normalized spacial score (nSPS) is 29.1. The minimum absolute atomic E-state index is 0.214. The highest BCUT2D eigenvalue weighted by Gasteiger charge is 2.38. The van der Waals surface area contributed by atoms with Gasteiger partial charge in [-0.2, -0.15) is 13.2 Å². The SMILES string of the molecule is CC1CCCCC1(CN)NC(=O)CCC(F)(F)F. The molecule has 1 aliphatic rings. The van der Waals surface area contributed by atoms with Gasteiger partial charge in [0.15, 0.2) is 0 Å². The third-order valence-electron chi connectivity index (χ3n) is 3.84. The third kappa shape index (κ3) is 4.15. The minimum atomic E-state index is -4.29. The van der Waals surface area contributed by atoms with Crippen LogP contribution < -0.4 is 11.1 Å². The molecule has 0 bridgehead atoms. The highest BCUT2D eigenvalue weighted by molar-refractivity contribution is 5.77. The summed E-state index contributed by atoms with van der Waals surface area (Å²) in [5, 5.41) is 2.74. The van der Waals surface area contributed by atoms with Gasteiger partial charge in [0, 0.05) is 13.0 Å². The molecule has 3 nitrogen and oxygen atoms in total. The van der Waals surface area contributed by atoms with Crippen LogP contribution in [0.25, 0.3) is 0 Å². The van der Waals surface area contributed by atoms with Crippen molar-refractivity contribution < 1.29 is 18.0 Å². The van der Waals surface area contributed by atoms with E-state index in [2.05, 4.69) is 5.32 Å². The lowest BCUT2D eigenvalue weighted by molar-refractivity contribution is -0.145. The van der Waals surface area contributed by atoms with Crippen LogP contribution in [0.15, 0.2) is 0 Å². The summed E-state index contributed by atoms with van der Waals surface area (Å²) in [6.45, 7) is 2.28. The number of hydrogen-bond donors (Lipinski definition) is 2. The van der Waals surface area contributed by atoms with E-state index in [9.17, 15) is 18.0 Å². The molecule has 2 unspecified atom stereocenters. The zero-order valence-electron chi connectivity index (χ0n) is 10.6. The van der Waals surface area contributed by atoms with Gasteiger partial charge in [-0.1, -0.05) is 19.8 Å². The first-order chi connectivity index (χ1) is 8.29. The Balaban J connectivity index is 2.54. The Morgan fingerprint density at radius 1 is 1.44 bits per heavy atom. The fraction of sp³-hybridized carbons (Fsp3) is 0.917. The third-order valence-corrected chi connectivity index (χ3v) is 3.84. The Hall–Kier alpha value is -0.780. The standard InChI is InChI=1S/C12H21F3N2O/c1-9-4-2-3-6-11(9,8-16)17-10(18)5-7-12(13,14)15/h9H,2-8,16H2,1H3,(H,17,18). The molecule has 1 aliphatic carbocycles. The first kappa shape index (κ1) is 15.3. The van der Waals surface area contributed by atoms with Gasteiger partial charge in [-0.15, -0.1) is 0 Å². The van der Waals surface area contributed by atoms with E-state index in [1.54, 1.807) is 0 Å². The second-order valence-corrected chi connectivity index (χ2v) is 5.17. The van der Waals surface area contributed by atoms with Crippen molar-refractivity contribution in [2.24, 2.45) is 11.7 Å². The van der Waals surface area contributed by atoms with Crippen LogP contribution in [0.2, 0.25) is 0 Å². The number of alkyl halides is 3. The maximum absolute atomic E-state index is 12.0. The predicted octanol–water partition coefficient (Wildman–Crippen LogP) is 2.35. The maximum atomic E-state index is 12.0. The lowest BCUT2D eigenvalue weighted by atomic mass is 9.73. The average Bonchev–Trinajstić information content (AvgIpc) is 2.29. The van der Waals surface area contributed by atoms with Crippen LogP contribution in [0.3, 0.4) is 0 Å². The summed E-state index contributed by atoms with van der Waals surface area (Å²) in [7, 11) is 0. The molecular formula is C12H21F3N2O. The summed E-state index contributed by atoms with van der Waals surface area (Å²) >= 11 is 0. The van der Waals surface area contributed by atoms with Crippen LogP contribution in [0.1, 0.15) is 45.4 Å². The van der Waals surface area contributed by atoms with Gasteiger partial charge in [0.05, 0.1) is 12.0 Å². The Bertz CT molecular complexity index is 294. The number of amides is 1. The first-order valence-electron chi connectivity index (χ1n) is 6.37. The van der Waals surface area contributed by atoms with Gasteiger partial charge in [0.1, 0.15) is 0 Å². The highest BCUT2D eigenvalue weighted by Crippen LogP contribution is 2.33. The van der Waals surface area contributed by atoms with Gasteiger partial charge in [0.25, 0.3) is 0 Å². The summed E-state index contributed by atoms with van der Waals surface area (Å²) in [6.07, 6.45) is -2.13. The monoisotopic (exact) mass is 266 g/mol. The molecule has 3 N–H and O–H groups in total. The molecular weight excluding hydrogens is 245 g/mol. The van der Waals surface area contributed by atoms with E-state index in [0.717, 1.165) is 25.7 Å². The first-order valence-corrected chi connectivity index (χ1v) is 6.37. The van der Waals surface area contributed by atoms with Crippen molar-refractivity contribution in [2.45, 2.75) is 57.2 Å². The lowest BCUT2D eigenvalue weighted by Crippen LogP contribution is -2.59. The molecule has 2 atom stereocenters. The van der Waals surface area contributed by atoms with Crippen LogP contribution >= 0.6 is 0 Å². The summed E-state index contributed by atoms with van der Waals surface area (Å²) in [4.78, 5) is 11.6. The number of carbonyl (C=O) groups is 1. The number of rotatable bonds is 4. The molecule has 106 valence electrons. The van der Waals surface area contributed by atoms with Crippen molar-refractivity contribution in [2.75, 3.05) is 6.54 Å². The number of nitrogens with two attached hydrogens (primary N) is 1. The van der Waals surface area contributed by atoms with Crippen molar-refractivity contribution in [3.05, 3.63) is 0 Å². The average molecular weight is 266 g/mol. The maximum Gasteiger partial charge on any atom is 0.389 e. The van der Waals surface area contributed by atoms with Crippen LogP contribution in [0.5, 0.6) is 0 Å². The van der Waals surface area contributed by atoms with Crippen molar-refractivity contribution in [3.63, 3.8) is 0 Å². The molecule has 0 heterocycles. The molecule has 0 saturated heterocycles. The predicted molar refractivity (Wildman–Crippen MR) is 62.8 cm³/mol. The molecule has 1 fully saturated rings. The van der Waals surface area contributed by atoms with Gasteiger partial charge >= 0.3 is 6.18 Å². The Labute approximate surface area is 105 Å². The molecule has 1 amide bonds. The molecule has 0 aromatic heterocycles. The summed E-state index contributed by atoms with van der Waals surface area (Å²) in [6, 6.07) is 0. The fourth-order valence-corrected chi connectivity index (χ4v) is 2.55. The van der Waals surface area contributed by atoms with Crippen LogP contribution in [0, 0.1) is 5.92 Å².